The van der Waals surface area contributed by atoms with Crippen molar-refractivity contribution in [3.63, 3.8) is 0 Å². The summed E-state index contributed by atoms with van der Waals surface area (Å²) in [5.41, 5.74) is 7.89. The molecule has 0 amide bonds. The standard InChI is InChI=1S/C18H23N9O/c19-16-22-13-2-1-12(11-14(13)28-16)15-23-17(26-7-3-20-4-8-26)25-18(24-15)27-9-5-21-6-10-27/h1-2,11,20-21H,3-10H2,(H2,19,22). The SMILES string of the molecule is Nc1nc2ccc(-c3nc(N4CCNCC4)nc(N4CCNCC4)n3)cc2o1. The van der Waals surface area contributed by atoms with E-state index in [4.69, 9.17) is 25.1 Å². The maximum Gasteiger partial charge on any atom is 0.292 e. The summed E-state index contributed by atoms with van der Waals surface area (Å²) < 4.78 is 5.48. The number of nitrogens with one attached hydrogen (secondary N) is 2. The van der Waals surface area contributed by atoms with Gasteiger partial charge in [0.05, 0.1) is 0 Å². The third kappa shape index (κ3) is 3.32. The van der Waals surface area contributed by atoms with Gasteiger partial charge in [-0.2, -0.15) is 19.9 Å². The van der Waals surface area contributed by atoms with Gasteiger partial charge in [0, 0.05) is 57.9 Å². The molecule has 146 valence electrons. The van der Waals surface area contributed by atoms with Crippen LogP contribution in [0.25, 0.3) is 22.5 Å². The highest BCUT2D eigenvalue weighted by atomic mass is 16.4. The summed E-state index contributed by atoms with van der Waals surface area (Å²) >= 11 is 0. The fourth-order valence-electron chi connectivity index (χ4n) is 3.58. The predicted molar refractivity (Wildman–Crippen MR) is 107 cm³/mol. The third-order valence-electron chi connectivity index (χ3n) is 5.07. The first-order chi connectivity index (χ1) is 13.8. The van der Waals surface area contributed by atoms with E-state index in [1.807, 2.05) is 18.2 Å². The zero-order chi connectivity index (χ0) is 18.9. The number of nitrogens with zero attached hydrogens (tertiary/aromatic N) is 6. The molecule has 2 aliphatic rings. The van der Waals surface area contributed by atoms with Gasteiger partial charge in [-0.15, -0.1) is 0 Å². The van der Waals surface area contributed by atoms with E-state index in [2.05, 4.69) is 25.4 Å². The molecule has 5 rings (SSSR count). The predicted octanol–water partition coefficient (Wildman–Crippen LogP) is 0.0812. The lowest BCUT2D eigenvalue weighted by Crippen LogP contribution is -2.46. The molecule has 2 fully saturated rings. The van der Waals surface area contributed by atoms with Crippen molar-refractivity contribution in [1.29, 1.82) is 0 Å². The molecule has 0 saturated carbocycles. The second-order valence-corrected chi connectivity index (χ2v) is 6.97. The topological polar surface area (TPSA) is 121 Å². The van der Waals surface area contributed by atoms with Crippen molar-refractivity contribution in [3.05, 3.63) is 18.2 Å². The second-order valence-electron chi connectivity index (χ2n) is 6.97. The van der Waals surface area contributed by atoms with E-state index < -0.39 is 0 Å². The Kier molecular flexibility index (Phi) is 4.41. The van der Waals surface area contributed by atoms with Crippen molar-refractivity contribution in [2.75, 3.05) is 67.9 Å². The van der Waals surface area contributed by atoms with Gasteiger partial charge in [-0.1, -0.05) is 0 Å². The first-order valence-electron chi connectivity index (χ1n) is 9.60. The normalized spacial score (nSPS) is 18.0. The number of rotatable bonds is 3. The fraction of sp³-hybridized carbons (Fsp3) is 0.444. The van der Waals surface area contributed by atoms with Crippen molar-refractivity contribution in [1.82, 2.24) is 30.6 Å². The summed E-state index contributed by atoms with van der Waals surface area (Å²) in [7, 11) is 0. The maximum absolute atomic E-state index is 5.68. The molecule has 10 heteroatoms. The summed E-state index contributed by atoms with van der Waals surface area (Å²) in [5, 5.41) is 6.74. The zero-order valence-electron chi connectivity index (χ0n) is 15.6. The molecule has 4 heterocycles. The average Bonchev–Trinajstić information content (AvgIpc) is 3.14. The van der Waals surface area contributed by atoms with E-state index in [1.165, 1.54) is 0 Å². The minimum Gasteiger partial charge on any atom is -0.424 e. The zero-order valence-corrected chi connectivity index (χ0v) is 15.6. The van der Waals surface area contributed by atoms with Crippen molar-refractivity contribution in [3.8, 4) is 11.4 Å². The number of oxazole rings is 1. The molecule has 0 radical (unpaired) electrons. The first-order valence-corrected chi connectivity index (χ1v) is 9.60. The molecule has 3 aromatic rings. The summed E-state index contributed by atoms with van der Waals surface area (Å²) in [6.07, 6.45) is 0. The molecule has 0 unspecified atom stereocenters. The van der Waals surface area contributed by atoms with Crippen LogP contribution in [-0.2, 0) is 0 Å². The van der Waals surface area contributed by atoms with Gasteiger partial charge in [-0.25, -0.2) is 0 Å². The summed E-state index contributed by atoms with van der Waals surface area (Å²) in [5.74, 6) is 2.07. The van der Waals surface area contributed by atoms with Crippen molar-refractivity contribution >= 4 is 29.0 Å². The molecule has 10 nitrogen and oxygen atoms in total. The summed E-state index contributed by atoms with van der Waals surface area (Å²) in [6.45, 7) is 7.20. The van der Waals surface area contributed by atoms with E-state index in [9.17, 15) is 0 Å². The molecule has 2 aromatic heterocycles. The molecule has 0 spiro atoms. The highest BCUT2D eigenvalue weighted by molar-refractivity contribution is 5.80. The Labute approximate surface area is 162 Å². The number of hydrogen-bond acceptors (Lipinski definition) is 10. The number of nitrogens with two attached hydrogens (primary N) is 1. The van der Waals surface area contributed by atoms with E-state index in [0.717, 1.165) is 75.3 Å². The van der Waals surface area contributed by atoms with Crippen LogP contribution < -0.4 is 26.2 Å². The minimum atomic E-state index is 0.158. The maximum atomic E-state index is 5.68. The fourth-order valence-corrected chi connectivity index (χ4v) is 3.58. The quantitative estimate of drug-likeness (QED) is 0.575. The van der Waals surface area contributed by atoms with Crippen LogP contribution in [0.2, 0.25) is 0 Å². The summed E-state index contributed by atoms with van der Waals surface area (Å²) in [6, 6.07) is 5.87. The van der Waals surface area contributed by atoms with Crippen LogP contribution in [0.15, 0.2) is 22.6 Å². The number of piperazine rings is 2. The Bertz CT molecular complexity index is 940. The number of anilines is 3. The van der Waals surface area contributed by atoms with Gasteiger partial charge in [-0.05, 0) is 18.2 Å². The van der Waals surface area contributed by atoms with Crippen molar-refractivity contribution in [2.45, 2.75) is 0 Å². The first kappa shape index (κ1) is 17.1. The van der Waals surface area contributed by atoms with Gasteiger partial charge in [0.25, 0.3) is 6.01 Å². The average molecular weight is 381 g/mol. The van der Waals surface area contributed by atoms with Gasteiger partial charge in [0.1, 0.15) is 5.52 Å². The van der Waals surface area contributed by atoms with Gasteiger partial charge in [0.15, 0.2) is 11.4 Å². The van der Waals surface area contributed by atoms with Crippen LogP contribution >= 0.6 is 0 Å². The highest BCUT2D eigenvalue weighted by Gasteiger charge is 2.21. The van der Waals surface area contributed by atoms with Crippen molar-refractivity contribution in [2.24, 2.45) is 0 Å². The smallest absolute Gasteiger partial charge is 0.292 e. The molecule has 28 heavy (non-hydrogen) atoms. The Hall–Kier alpha value is -2.98. The number of benzene rings is 1. The molecule has 4 N–H and O–H groups in total. The molecule has 2 saturated heterocycles. The summed E-state index contributed by atoms with van der Waals surface area (Å²) in [4.78, 5) is 22.9. The van der Waals surface area contributed by atoms with E-state index in [1.54, 1.807) is 0 Å². The molecule has 1 aromatic carbocycles. The number of hydrogen-bond donors (Lipinski definition) is 3. The van der Waals surface area contributed by atoms with Crippen LogP contribution in [0.4, 0.5) is 17.9 Å². The molecule has 0 bridgehead atoms. The number of fused-ring (bicyclic) bond motifs is 1. The van der Waals surface area contributed by atoms with Crippen LogP contribution in [0, 0.1) is 0 Å². The van der Waals surface area contributed by atoms with Gasteiger partial charge in [0.2, 0.25) is 11.9 Å². The Morgan fingerprint density at radius 3 is 2.04 bits per heavy atom. The van der Waals surface area contributed by atoms with Gasteiger partial charge >= 0.3 is 0 Å². The van der Waals surface area contributed by atoms with E-state index in [0.29, 0.717) is 11.4 Å². The van der Waals surface area contributed by atoms with Crippen LogP contribution in [-0.4, -0.2) is 72.3 Å². The third-order valence-corrected chi connectivity index (χ3v) is 5.07. The lowest BCUT2D eigenvalue weighted by molar-refractivity contribution is 0.568. The van der Waals surface area contributed by atoms with E-state index >= 15 is 0 Å². The van der Waals surface area contributed by atoms with Crippen molar-refractivity contribution < 1.29 is 4.42 Å². The molecular formula is C18H23N9O. The monoisotopic (exact) mass is 381 g/mol. The second kappa shape index (κ2) is 7.21. The molecule has 2 aliphatic heterocycles. The Morgan fingerprint density at radius 2 is 1.43 bits per heavy atom. The number of aromatic nitrogens is 4. The van der Waals surface area contributed by atoms with E-state index in [-0.39, 0.29) is 6.01 Å². The Balaban J connectivity index is 1.57. The Morgan fingerprint density at radius 1 is 0.821 bits per heavy atom. The lowest BCUT2D eigenvalue weighted by atomic mass is 10.2. The van der Waals surface area contributed by atoms with Gasteiger partial charge in [-0.3, -0.25) is 0 Å². The lowest BCUT2D eigenvalue weighted by Gasteiger charge is -2.30. The molecule has 0 atom stereocenters. The van der Waals surface area contributed by atoms with Crippen LogP contribution in [0.5, 0.6) is 0 Å². The minimum absolute atomic E-state index is 0.158. The molecule has 0 aliphatic carbocycles. The van der Waals surface area contributed by atoms with Gasteiger partial charge < -0.3 is 30.6 Å². The number of nitrogen functional groups attached to an aromatic ring is 1. The van der Waals surface area contributed by atoms with Crippen LogP contribution in [0.3, 0.4) is 0 Å². The van der Waals surface area contributed by atoms with Crippen LogP contribution in [0.1, 0.15) is 0 Å². The highest BCUT2D eigenvalue weighted by Crippen LogP contribution is 2.26. The largest absolute Gasteiger partial charge is 0.424 e. The molecular weight excluding hydrogens is 358 g/mol.